The second kappa shape index (κ2) is 17.4. The minimum Gasteiger partial charge on any atom is -0.382 e. The van der Waals surface area contributed by atoms with E-state index in [1.54, 1.807) is 59.4 Å². The predicted molar refractivity (Wildman–Crippen MR) is 235 cm³/mol. The molecule has 0 fully saturated rings. The fourth-order valence-electron chi connectivity index (χ4n) is 6.75. The number of nitrogens with two attached hydrogens (primary N) is 2. The van der Waals surface area contributed by atoms with E-state index >= 15 is 0 Å². The Hall–Kier alpha value is -8.08. The Morgan fingerprint density at radius 3 is 1.36 bits per heavy atom. The highest BCUT2D eigenvalue weighted by molar-refractivity contribution is 7.91. The number of imidazole rings is 2. The standard InChI is InChI=1S/2C21H18FN7O2S/c2*1-12(27-20-16(10-23)19(24)25-11-26-20)21-28-17-8-13(22)6-7-18(17)29(21)14-4-3-5-15(9-14)32(2,30)31/h2*3-9,11-12H,1-2H3,(H3,24,25,26,27)/t2*12-/m10/s1. The van der Waals surface area contributed by atoms with Crippen LogP contribution in [0.4, 0.5) is 32.1 Å². The Labute approximate surface area is 364 Å². The molecule has 0 saturated heterocycles. The normalized spacial score (nSPS) is 12.4. The van der Waals surface area contributed by atoms with E-state index in [1.807, 2.05) is 12.1 Å². The average Bonchev–Trinajstić information content (AvgIpc) is 3.82. The van der Waals surface area contributed by atoms with Gasteiger partial charge in [-0.3, -0.25) is 9.13 Å². The van der Waals surface area contributed by atoms with E-state index in [0.717, 1.165) is 12.5 Å². The van der Waals surface area contributed by atoms with Gasteiger partial charge in [0.25, 0.3) is 0 Å². The number of hydrogen-bond acceptors (Lipinski definition) is 16. The molecule has 0 radical (unpaired) electrons. The van der Waals surface area contributed by atoms with Gasteiger partial charge in [0, 0.05) is 36.0 Å². The van der Waals surface area contributed by atoms with Gasteiger partial charge >= 0.3 is 0 Å². The molecule has 6 N–H and O–H groups in total. The number of rotatable bonds is 10. The van der Waals surface area contributed by atoms with Crippen molar-refractivity contribution in [2.75, 3.05) is 34.6 Å². The van der Waals surface area contributed by atoms with Gasteiger partial charge in [0.05, 0.1) is 43.9 Å². The second-order valence-electron chi connectivity index (χ2n) is 14.3. The number of nitrogens with zero attached hydrogens (tertiary/aromatic N) is 10. The molecule has 64 heavy (non-hydrogen) atoms. The van der Waals surface area contributed by atoms with Crippen LogP contribution in [-0.4, -0.2) is 68.4 Å². The summed E-state index contributed by atoms with van der Waals surface area (Å²) < 4.78 is 79.6. The van der Waals surface area contributed by atoms with Gasteiger partial charge in [0.1, 0.15) is 82.5 Å². The second-order valence-corrected chi connectivity index (χ2v) is 18.4. The van der Waals surface area contributed by atoms with Crippen molar-refractivity contribution in [1.82, 2.24) is 39.0 Å². The molecule has 4 aromatic carbocycles. The summed E-state index contributed by atoms with van der Waals surface area (Å²) >= 11 is 0. The lowest BCUT2D eigenvalue weighted by Crippen LogP contribution is -2.15. The van der Waals surface area contributed by atoms with Crippen LogP contribution in [0.5, 0.6) is 0 Å². The molecule has 22 heteroatoms. The van der Waals surface area contributed by atoms with Crippen molar-refractivity contribution in [2.24, 2.45) is 0 Å². The Balaban J connectivity index is 0.000000191. The maximum atomic E-state index is 13.9. The molecule has 0 unspecified atom stereocenters. The molecule has 0 aliphatic rings. The Morgan fingerprint density at radius 2 is 1.00 bits per heavy atom. The molecule has 324 valence electrons. The van der Waals surface area contributed by atoms with Gasteiger partial charge < -0.3 is 22.1 Å². The van der Waals surface area contributed by atoms with Crippen molar-refractivity contribution in [3.05, 3.63) is 132 Å². The lowest BCUT2D eigenvalue weighted by Gasteiger charge is -2.18. The van der Waals surface area contributed by atoms with Gasteiger partial charge in [0.15, 0.2) is 19.7 Å². The number of benzene rings is 4. The van der Waals surface area contributed by atoms with Crippen molar-refractivity contribution >= 4 is 65.0 Å². The molecular weight excluding hydrogens is 867 g/mol. The largest absolute Gasteiger partial charge is 0.382 e. The van der Waals surface area contributed by atoms with Crippen LogP contribution < -0.4 is 22.1 Å². The van der Waals surface area contributed by atoms with Crippen LogP contribution in [0.1, 0.15) is 48.7 Å². The van der Waals surface area contributed by atoms with E-state index in [-0.39, 0.29) is 44.2 Å². The van der Waals surface area contributed by atoms with E-state index < -0.39 is 43.4 Å². The van der Waals surface area contributed by atoms with Crippen LogP contribution in [-0.2, 0) is 19.7 Å². The maximum absolute atomic E-state index is 13.9. The first kappa shape index (κ1) is 44.0. The van der Waals surface area contributed by atoms with Crippen molar-refractivity contribution < 1.29 is 25.6 Å². The van der Waals surface area contributed by atoms with Gasteiger partial charge in [-0.25, -0.2) is 55.5 Å². The summed E-state index contributed by atoms with van der Waals surface area (Å²) in [6.45, 7) is 3.57. The summed E-state index contributed by atoms with van der Waals surface area (Å²) in [6.07, 6.45) is 4.72. The number of nitriles is 2. The molecule has 0 saturated carbocycles. The highest BCUT2D eigenvalue weighted by Gasteiger charge is 2.24. The van der Waals surface area contributed by atoms with Gasteiger partial charge in [-0.15, -0.1) is 0 Å². The molecule has 8 rings (SSSR count). The average molecular weight is 903 g/mol. The van der Waals surface area contributed by atoms with Crippen LogP contribution in [0.2, 0.25) is 0 Å². The Kier molecular flexibility index (Phi) is 11.9. The number of hydrogen-bond donors (Lipinski definition) is 4. The fraction of sp³-hybridized carbons (Fsp3) is 0.143. The third-order valence-electron chi connectivity index (χ3n) is 9.75. The number of anilines is 4. The van der Waals surface area contributed by atoms with Crippen molar-refractivity contribution in [3.8, 4) is 23.5 Å². The maximum Gasteiger partial charge on any atom is 0.175 e. The van der Waals surface area contributed by atoms with Gasteiger partial charge in [-0.05, 0) is 74.5 Å². The fourth-order valence-corrected chi connectivity index (χ4v) is 8.07. The quantitative estimate of drug-likeness (QED) is 0.123. The zero-order valence-electron chi connectivity index (χ0n) is 34.2. The number of sulfone groups is 2. The highest BCUT2D eigenvalue weighted by Crippen LogP contribution is 2.32. The molecule has 0 bridgehead atoms. The first-order valence-electron chi connectivity index (χ1n) is 18.9. The summed E-state index contributed by atoms with van der Waals surface area (Å²) in [4.78, 5) is 25.2. The number of halogens is 2. The van der Waals surface area contributed by atoms with Gasteiger partial charge in [-0.2, -0.15) is 10.5 Å². The predicted octanol–water partition coefficient (Wildman–Crippen LogP) is 5.97. The number of aromatic nitrogens is 8. The third-order valence-corrected chi connectivity index (χ3v) is 12.0. The van der Waals surface area contributed by atoms with E-state index in [2.05, 4.69) is 40.5 Å². The molecule has 0 amide bonds. The lowest BCUT2D eigenvalue weighted by molar-refractivity contribution is 0.600. The third kappa shape index (κ3) is 8.95. The van der Waals surface area contributed by atoms with Crippen LogP contribution in [0.3, 0.4) is 0 Å². The minimum absolute atomic E-state index is 0.0358. The topological polar surface area (TPSA) is 279 Å². The first-order valence-corrected chi connectivity index (χ1v) is 22.7. The van der Waals surface area contributed by atoms with Crippen molar-refractivity contribution in [1.29, 1.82) is 10.5 Å². The first-order chi connectivity index (χ1) is 30.4. The zero-order chi connectivity index (χ0) is 46.1. The molecular formula is C42H36F2N14O4S2. The number of nitrogens with one attached hydrogen (secondary N) is 2. The van der Waals surface area contributed by atoms with Crippen LogP contribution in [0, 0.1) is 34.3 Å². The molecule has 0 aliphatic carbocycles. The van der Waals surface area contributed by atoms with E-state index in [9.17, 15) is 36.1 Å². The van der Waals surface area contributed by atoms with E-state index in [0.29, 0.717) is 45.1 Å². The summed E-state index contributed by atoms with van der Waals surface area (Å²) in [5, 5.41) is 25.0. The van der Waals surface area contributed by atoms with E-state index in [1.165, 1.54) is 61.2 Å². The molecule has 2 atom stereocenters. The van der Waals surface area contributed by atoms with Crippen LogP contribution in [0.15, 0.2) is 107 Å². The summed E-state index contributed by atoms with van der Waals surface area (Å²) in [7, 11) is -6.90. The summed E-state index contributed by atoms with van der Waals surface area (Å²) in [5.41, 5.74) is 14.7. The molecule has 18 nitrogen and oxygen atoms in total. The number of fused-ring (bicyclic) bond motifs is 2. The Morgan fingerprint density at radius 1 is 0.609 bits per heavy atom. The Bertz CT molecular complexity index is 3210. The summed E-state index contributed by atoms with van der Waals surface area (Å²) in [6, 6.07) is 24.0. The van der Waals surface area contributed by atoms with Crippen molar-refractivity contribution in [3.63, 3.8) is 0 Å². The molecule has 4 aromatic heterocycles. The van der Waals surface area contributed by atoms with E-state index in [4.69, 9.17) is 11.5 Å². The number of nitrogen functional groups attached to an aromatic ring is 2. The highest BCUT2D eigenvalue weighted by atomic mass is 32.2. The van der Waals surface area contributed by atoms with Gasteiger partial charge in [-0.1, -0.05) is 12.1 Å². The van der Waals surface area contributed by atoms with Crippen molar-refractivity contribution in [2.45, 2.75) is 35.7 Å². The molecule has 8 aromatic rings. The van der Waals surface area contributed by atoms with Crippen LogP contribution in [0.25, 0.3) is 33.4 Å². The summed E-state index contributed by atoms with van der Waals surface area (Å²) in [5.74, 6) is 0.533. The molecule has 0 aliphatic heterocycles. The van der Waals surface area contributed by atoms with Crippen LogP contribution >= 0.6 is 0 Å². The monoisotopic (exact) mass is 902 g/mol. The molecule has 0 spiro atoms. The SMILES string of the molecule is C[C@@H](Nc1ncnc(N)c1C#N)c1nc2cc(F)ccc2n1-c1cccc(S(C)(=O)=O)c1.C[C@H](Nc1ncnc(N)c1C#N)c1nc2cc(F)ccc2n1-c1cccc(S(C)(=O)=O)c1. The van der Waals surface area contributed by atoms with Gasteiger partial charge in [0.2, 0.25) is 0 Å². The smallest absolute Gasteiger partial charge is 0.175 e. The molecule has 4 heterocycles. The minimum atomic E-state index is -3.45. The zero-order valence-corrected chi connectivity index (χ0v) is 35.9. The lowest BCUT2D eigenvalue weighted by atomic mass is 10.2.